The van der Waals surface area contributed by atoms with E-state index in [2.05, 4.69) is 20.6 Å². The van der Waals surface area contributed by atoms with Crippen LogP contribution in [-0.4, -0.2) is 70.2 Å². The second kappa shape index (κ2) is 12.2. The van der Waals surface area contributed by atoms with Gasteiger partial charge in [0.25, 0.3) is 5.91 Å². The van der Waals surface area contributed by atoms with Crippen molar-refractivity contribution in [2.75, 3.05) is 31.7 Å². The quantitative estimate of drug-likeness (QED) is 0.358. The van der Waals surface area contributed by atoms with Crippen molar-refractivity contribution >= 4 is 52.3 Å². The van der Waals surface area contributed by atoms with Gasteiger partial charge in [-0.15, -0.1) is 11.3 Å². The summed E-state index contributed by atoms with van der Waals surface area (Å²) in [6.07, 6.45) is 3.94. The minimum atomic E-state index is -0.736. The van der Waals surface area contributed by atoms with E-state index in [4.69, 9.17) is 27.9 Å². The number of fused-ring (bicyclic) bond motifs is 1. The molecule has 0 bridgehead atoms. The summed E-state index contributed by atoms with van der Waals surface area (Å²) in [6, 6.07) is 7.62. The Morgan fingerprint density at radius 3 is 2.82 bits per heavy atom. The molecule has 206 valence electrons. The SMILES string of the molecule is C[C@H](C(=O)N[C@H](CO)c1cccc(Cl)c1)N1CCc2sc(-c3nc(NC4CCOCC4)ncc3Cl)cc2C1=O. The van der Waals surface area contributed by atoms with Crippen LogP contribution in [0.25, 0.3) is 10.6 Å². The lowest BCUT2D eigenvalue weighted by atomic mass is 10.0. The Bertz CT molecular complexity index is 1360. The topological polar surface area (TPSA) is 117 Å². The van der Waals surface area contributed by atoms with Crippen LogP contribution in [0.3, 0.4) is 0 Å². The maximum Gasteiger partial charge on any atom is 0.255 e. The summed E-state index contributed by atoms with van der Waals surface area (Å²) in [6.45, 7) is 3.19. The second-order valence-corrected chi connectivity index (χ2v) is 11.6. The molecule has 5 rings (SSSR count). The van der Waals surface area contributed by atoms with Crippen LogP contribution < -0.4 is 10.6 Å². The number of carbonyl (C=O) groups is 2. The number of aliphatic hydroxyl groups is 1. The number of hydrogen-bond donors (Lipinski definition) is 3. The Kier molecular flexibility index (Phi) is 8.68. The molecule has 0 unspecified atom stereocenters. The number of rotatable bonds is 8. The molecule has 2 aliphatic heterocycles. The molecule has 0 aliphatic carbocycles. The largest absolute Gasteiger partial charge is 0.394 e. The second-order valence-electron chi connectivity index (χ2n) is 9.59. The predicted molar refractivity (Wildman–Crippen MR) is 151 cm³/mol. The van der Waals surface area contributed by atoms with E-state index in [9.17, 15) is 14.7 Å². The summed E-state index contributed by atoms with van der Waals surface area (Å²) in [5.41, 5.74) is 1.80. The lowest BCUT2D eigenvalue weighted by Gasteiger charge is -2.32. The van der Waals surface area contributed by atoms with Crippen LogP contribution in [-0.2, 0) is 16.0 Å². The average Bonchev–Trinajstić information content (AvgIpc) is 3.38. The maximum atomic E-state index is 13.5. The monoisotopic (exact) mass is 589 g/mol. The number of anilines is 1. The zero-order valence-electron chi connectivity index (χ0n) is 21.3. The van der Waals surface area contributed by atoms with Crippen molar-refractivity contribution in [1.29, 1.82) is 0 Å². The molecule has 2 atom stereocenters. The van der Waals surface area contributed by atoms with E-state index >= 15 is 0 Å². The van der Waals surface area contributed by atoms with E-state index < -0.39 is 12.1 Å². The molecule has 0 radical (unpaired) electrons. The molecule has 2 aliphatic rings. The molecule has 39 heavy (non-hydrogen) atoms. The number of aliphatic hydroxyl groups excluding tert-OH is 1. The number of nitrogens with zero attached hydrogens (tertiary/aromatic N) is 3. The molecule has 0 saturated carbocycles. The number of carbonyl (C=O) groups excluding carboxylic acids is 2. The van der Waals surface area contributed by atoms with Crippen LogP contribution in [0.2, 0.25) is 10.0 Å². The first-order valence-electron chi connectivity index (χ1n) is 12.8. The van der Waals surface area contributed by atoms with Crippen LogP contribution >= 0.6 is 34.5 Å². The van der Waals surface area contributed by atoms with E-state index in [1.807, 2.05) is 0 Å². The third kappa shape index (κ3) is 6.20. The summed E-state index contributed by atoms with van der Waals surface area (Å²) in [4.78, 5) is 38.8. The number of hydrogen-bond acceptors (Lipinski definition) is 8. The molecular formula is C27H29Cl2N5O4S. The molecule has 3 N–H and O–H groups in total. The molecule has 1 aromatic carbocycles. The summed E-state index contributed by atoms with van der Waals surface area (Å²) in [5, 5.41) is 17.0. The number of ether oxygens (including phenoxy) is 1. The average molecular weight is 591 g/mol. The Balaban J connectivity index is 1.30. The van der Waals surface area contributed by atoms with Crippen molar-refractivity contribution in [2.24, 2.45) is 0 Å². The van der Waals surface area contributed by atoms with Crippen LogP contribution in [0.5, 0.6) is 0 Å². The van der Waals surface area contributed by atoms with Crippen LogP contribution in [0.1, 0.15) is 46.6 Å². The molecule has 3 aromatic rings. The fourth-order valence-corrected chi connectivity index (χ4v) is 6.38. The van der Waals surface area contributed by atoms with Gasteiger partial charge in [0.2, 0.25) is 11.9 Å². The van der Waals surface area contributed by atoms with E-state index in [-0.39, 0.29) is 24.5 Å². The molecule has 2 aromatic heterocycles. The standard InChI is InChI=1S/C27H29Cl2N5O4S/c1-15(25(36)32-21(14-35)16-3-2-4-17(28)11-16)34-8-5-22-19(26(34)37)12-23(39-22)24-20(29)13-30-27(33-24)31-18-6-9-38-10-7-18/h2-4,11-13,15,18,21,35H,5-10,14H2,1H3,(H,32,36)(H,30,31,33)/t15-,21-/m1/s1. The van der Waals surface area contributed by atoms with Crippen molar-refractivity contribution in [2.45, 2.75) is 44.3 Å². The van der Waals surface area contributed by atoms with Gasteiger partial charge < -0.3 is 25.4 Å². The predicted octanol–water partition coefficient (Wildman–Crippen LogP) is 4.34. The minimum Gasteiger partial charge on any atom is -0.394 e. The molecule has 12 heteroatoms. The Morgan fingerprint density at radius 1 is 1.28 bits per heavy atom. The molecule has 1 fully saturated rings. The van der Waals surface area contributed by atoms with Gasteiger partial charge >= 0.3 is 0 Å². The highest BCUT2D eigenvalue weighted by Crippen LogP contribution is 2.37. The fraction of sp³-hybridized carbons (Fsp3) is 0.407. The number of aromatic nitrogens is 2. The van der Waals surface area contributed by atoms with Gasteiger partial charge in [0.15, 0.2) is 0 Å². The van der Waals surface area contributed by atoms with Crippen molar-refractivity contribution in [3.8, 4) is 10.6 Å². The van der Waals surface area contributed by atoms with Crippen molar-refractivity contribution in [3.05, 3.63) is 62.6 Å². The summed E-state index contributed by atoms with van der Waals surface area (Å²) in [5.74, 6) is -0.0940. The van der Waals surface area contributed by atoms with Crippen LogP contribution in [0.15, 0.2) is 36.5 Å². The maximum absolute atomic E-state index is 13.5. The molecule has 4 heterocycles. The molecule has 2 amide bonds. The van der Waals surface area contributed by atoms with Gasteiger partial charge in [-0.1, -0.05) is 35.3 Å². The van der Waals surface area contributed by atoms with Crippen molar-refractivity contribution < 1.29 is 19.4 Å². The number of amides is 2. The van der Waals surface area contributed by atoms with E-state index in [1.54, 1.807) is 48.4 Å². The minimum absolute atomic E-state index is 0.226. The van der Waals surface area contributed by atoms with Gasteiger partial charge in [-0.2, -0.15) is 0 Å². The Hall–Kier alpha value is -2.76. The van der Waals surface area contributed by atoms with Crippen LogP contribution in [0, 0.1) is 0 Å². The first kappa shape index (κ1) is 27.8. The van der Waals surface area contributed by atoms with Gasteiger partial charge in [-0.05, 0) is 43.5 Å². The number of benzene rings is 1. The zero-order valence-corrected chi connectivity index (χ0v) is 23.7. The number of nitrogens with one attached hydrogen (secondary N) is 2. The summed E-state index contributed by atoms with van der Waals surface area (Å²) < 4.78 is 5.42. The molecule has 1 saturated heterocycles. The molecule has 0 spiro atoms. The smallest absolute Gasteiger partial charge is 0.255 e. The fourth-order valence-electron chi connectivity index (χ4n) is 4.79. The first-order chi connectivity index (χ1) is 18.8. The van der Waals surface area contributed by atoms with Gasteiger partial charge in [0, 0.05) is 42.1 Å². The van der Waals surface area contributed by atoms with E-state index in [1.165, 1.54) is 11.3 Å². The van der Waals surface area contributed by atoms with Gasteiger partial charge in [-0.3, -0.25) is 9.59 Å². The van der Waals surface area contributed by atoms with Gasteiger partial charge in [0.05, 0.1) is 34.3 Å². The Morgan fingerprint density at radius 2 is 2.08 bits per heavy atom. The lowest BCUT2D eigenvalue weighted by Crippen LogP contribution is -2.51. The third-order valence-electron chi connectivity index (χ3n) is 7.01. The normalized spacial score (nSPS) is 17.4. The van der Waals surface area contributed by atoms with E-state index in [0.717, 1.165) is 22.6 Å². The van der Waals surface area contributed by atoms with Crippen molar-refractivity contribution in [3.63, 3.8) is 0 Å². The van der Waals surface area contributed by atoms with Crippen molar-refractivity contribution in [1.82, 2.24) is 20.2 Å². The third-order valence-corrected chi connectivity index (χ3v) is 8.72. The van der Waals surface area contributed by atoms with Gasteiger partial charge in [-0.25, -0.2) is 9.97 Å². The van der Waals surface area contributed by atoms with Gasteiger partial charge in [0.1, 0.15) is 11.7 Å². The number of halogens is 2. The molecular weight excluding hydrogens is 561 g/mol. The Labute approximate surface area is 240 Å². The summed E-state index contributed by atoms with van der Waals surface area (Å²) in [7, 11) is 0. The highest BCUT2D eigenvalue weighted by molar-refractivity contribution is 7.16. The zero-order chi connectivity index (χ0) is 27.5. The summed E-state index contributed by atoms with van der Waals surface area (Å²) >= 11 is 14.0. The number of thiophene rings is 1. The van der Waals surface area contributed by atoms with E-state index in [0.29, 0.717) is 59.0 Å². The highest BCUT2D eigenvalue weighted by Gasteiger charge is 2.34. The lowest BCUT2D eigenvalue weighted by molar-refractivity contribution is -0.126. The molecule has 9 nitrogen and oxygen atoms in total. The highest BCUT2D eigenvalue weighted by atomic mass is 35.5. The van der Waals surface area contributed by atoms with Crippen LogP contribution in [0.4, 0.5) is 5.95 Å². The first-order valence-corrected chi connectivity index (χ1v) is 14.4.